The van der Waals surface area contributed by atoms with Crippen molar-refractivity contribution in [2.75, 3.05) is 10.2 Å². The molecular weight excluding hydrogens is 466 g/mol. The maximum atomic E-state index is 13.1. The van der Waals surface area contributed by atoms with Crippen LogP contribution in [0.3, 0.4) is 0 Å². The average Bonchev–Trinajstić information content (AvgIpc) is 2.71. The molecule has 2 amide bonds. The number of hydrogen-bond donors (Lipinski definition) is 1. The molecule has 1 N–H and O–H groups in total. The number of amides is 2. The van der Waals surface area contributed by atoms with Gasteiger partial charge in [0.15, 0.2) is 0 Å². The zero-order chi connectivity index (χ0) is 23.5. The van der Waals surface area contributed by atoms with Crippen LogP contribution in [0.2, 0.25) is 10.0 Å². The Labute approximate surface area is 191 Å². The summed E-state index contributed by atoms with van der Waals surface area (Å²) in [4.78, 5) is 29.8. The van der Waals surface area contributed by atoms with Gasteiger partial charge >= 0.3 is 6.18 Å². The molecule has 2 aromatic carbocycles. The van der Waals surface area contributed by atoms with E-state index in [2.05, 4.69) is 10.3 Å². The second kappa shape index (κ2) is 9.58. The highest BCUT2D eigenvalue weighted by Gasteiger charge is 2.31. The van der Waals surface area contributed by atoms with Gasteiger partial charge in [-0.2, -0.15) is 13.2 Å². The summed E-state index contributed by atoms with van der Waals surface area (Å²) in [6.07, 6.45) is -3.33. The molecule has 0 aliphatic heterocycles. The fourth-order valence-corrected chi connectivity index (χ4v) is 3.51. The number of anilines is 3. The van der Waals surface area contributed by atoms with Crippen molar-refractivity contribution in [1.82, 2.24) is 4.98 Å². The molecule has 3 aromatic rings. The molecule has 0 spiro atoms. The van der Waals surface area contributed by atoms with Gasteiger partial charge in [0.25, 0.3) is 0 Å². The largest absolute Gasteiger partial charge is 0.416 e. The minimum atomic E-state index is -4.57. The molecule has 0 fully saturated rings. The average molecular weight is 482 g/mol. The van der Waals surface area contributed by atoms with Crippen molar-refractivity contribution in [3.05, 3.63) is 82.0 Å². The fourth-order valence-electron chi connectivity index (χ4n) is 2.98. The molecule has 10 heteroatoms. The molecule has 0 unspecified atom stereocenters. The fraction of sp³-hybridized carbons (Fsp3) is 0.136. The van der Waals surface area contributed by atoms with Gasteiger partial charge < -0.3 is 5.32 Å². The maximum Gasteiger partial charge on any atom is 0.416 e. The van der Waals surface area contributed by atoms with Gasteiger partial charge in [0.2, 0.25) is 11.8 Å². The number of nitrogens with zero attached hydrogens (tertiary/aromatic N) is 2. The predicted molar refractivity (Wildman–Crippen MR) is 117 cm³/mol. The third kappa shape index (κ3) is 5.57. The maximum absolute atomic E-state index is 13.1. The number of carbonyl (C=O) groups excluding carboxylic acids is 2. The first-order chi connectivity index (χ1) is 15.1. The van der Waals surface area contributed by atoms with E-state index in [1.807, 2.05) is 0 Å². The second-order valence-electron chi connectivity index (χ2n) is 6.73. The van der Waals surface area contributed by atoms with Gasteiger partial charge in [0.05, 0.1) is 17.7 Å². The highest BCUT2D eigenvalue weighted by molar-refractivity contribution is 6.36. The van der Waals surface area contributed by atoms with E-state index in [0.29, 0.717) is 21.3 Å². The molecule has 5 nitrogen and oxygen atoms in total. The zero-order valence-corrected chi connectivity index (χ0v) is 18.1. The third-order valence-corrected chi connectivity index (χ3v) is 5.11. The van der Waals surface area contributed by atoms with Crippen LogP contribution in [0.25, 0.3) is 0 Å². The van der Waals surface area contributed by atoms with Gasteiger partial charge in [-0.25, -0.2) is 4.98 Å². The molecule has 32 heavy (non-hydrogen) atoms. The van der Waals surface area contributed by atoms with Crippen LogP contribution < -0.4 is 10.2 Å². The van der Waals surface area contributed by atoms with Crippen molar-refractivity contribution in [3.63, 3.8) is 0 Å². The molecule has 0 atom stereocenters. The smallest absolute Gasteiger partial charge is 0.326 e. The summed E-state index contributed by atoms with van der Waals surface area (Å²) in [5, 5.41) is 3.34. The van der Waals surface area contributed by atoms with E-state index in [1.54, 1.807) is 18.2 Å². The molecule has 3 rings (SSSR count). The molecule has 0 aliphatic rings. The van der Waals surface area contributed by atoms with Crippen LogP contribution in [0.5, 0.6) is 0 Å². The van der Waals surface area contributed by atoms with Crippen LogP contribution in [-0.4, -0.2) is 16.8 Å². The first-order valence-electron chi connectivity index (χ1n) is 9.23. The quantitative estimate of drug-likeness (QED) is 0.466. The van der Waals surface area contributed by atoms with E-state index >= 15 is 0 Å². The Morgan fingerprint density at radius 2 is 1.69 bits per heavy atom. The number of hydrogen-bond acceptors (Lipinski definition) is 3. The predicted octanol–water partition coefficient (Wildman–Crippen LogP) is 6.27. The van der Waals surface area contributed by atoms with Crippen LogP contribution in [0.4, 0.5) is 30.4 Å². The van der Waals surface area contributed by atoms with Gasteiger partial charge in [-0.15, -0.1) is 0 Å². The molecule has 0 saturated heterocycles. The molecular formula is C22H16Cl2F3N3O2. The number of pyridine rings is 1. The highest BCUT2D eigenvalue weighted by atomic mass is 35.5. The topological polar surface area (TPSA) is 62.3 Å². The number of carbonyl (C=O) groups is 2. The second-order valence-corrected chi connectivity index (χ2v) is 7.54. The molecule has 166 valence electrons. The lowest BCUT2D eigenvalue weighted by Gasteiger charge is -2.22. The summed E-state index contributed by atoms with van der Waals surface area (Å²) >= 11 is 12.2. The Morgan fingerprint density at radius 1 is 1.03 bits per heavy atom. The minimum Gasteiger partial charge on any atom is -0.326 e. The van der Waals surface area contributed by atoms with Crippen LogP contribution in [0.1, 0.15) is 18.1 Å². The lowest BCUT2D eigenvalue weighted by Crippen LogP contribution is -2.24. The van der Waals surface area contributed by atoms with Crippen LogP contribution in [-0.2, 0) is 22.2 Å². The van der Waals surface area contributed by atoms with Crippen molar-refractivity contribution in [2.45, 2.75) is 19.5 Å². The van der Waals surface area contributed by atoms with E-state index < -0.39 is 23.6 Å². The Bertz CT molecular complexity index is 1150. The lowest BCUT2D eigenvalue weighted by atomic mass is 10.1. The Balaban J connectivity index is 1.86. The van der Waals surface area contributed by atoms with Crippen molar-refractivity contribution in [1.29, 1.82) is 0 Å². The lowest BCUT2D eigenvalue weighted by molar-refractivity contribution is -0.137. The number of halogens is 5. The van der Waals surface area contributed by atoms with Gasteiger partial charge in [-0.05, 0) is 42.0 Å². The van der Waals surface area contributed by atoms with Crippen molar-refractivity contribution < 1.29 is 22.8 Å². The van der Waals surface area contributed by atoms with Crippen LogP contribution in [0.15, 0.2) is 60.8 Å². The summed E-state index contributed by atoms with van der Waals surface area (Å²) in [5.74, 6) is -0.931. The molecule has 0 aliphatic carbocycles. The molecule has 1 heterocycles. The first kappa shape index (κ1) is 23.6. The molecule has 0 radical (unpaired) electrons. The number of benzene rings is 2. The van der Waals surface area contributed by atoms with E-state index in [1.165, 1.54) is 37.4 Å². The van der Waals surface area contributed by atoms with Crippen LogP contribution >= 0.6 is 23.2 Å². The minimum absolute atomic E-state index is 0.00819. The molecule has 0 bridgehead atoms. The number of alkyl halides is 3. The van der Waals surface area contributed by atoms with E-state index in [0.717, 1.165) is 17.0 Å². The Hall–Kier alpha value is -3.10. The Kier molecular flexibility index (Phi) is 7.06. The highest BCUT2D eigenvalue weighted by Crippen LogP contribution is 2.34. The normalized spacial score (nSPS) is 11.2. The standard InChI is InChI=1S/C22H16Cl2F3N3O2/c1-13(31)30(16-5-2-4-14(10-16)22(25,26)27)20-11-15(8-9-28-20)29-21(32)12-17-18(23)6-3-7-19(17)24/h2-11H,12H2,1H3,(H,28,29,32). The van der Waals surface area contributed by atoms with E-state index in [-0.39, 0.29) is 17.9 Å². The van der Waals surface area contributed by atoms with Crippen molar-refractivity contribution >= 4 is 52.2 Å². The summed E-state index contributed by atoms with van der Waals surface area (Å²) in [6, 6.07) is 12.1. The van der Waals surface area contributed by atoms with E-state index in [9.17, 15) is 22.8 Å². The number of rotatable bonds is 5. The number of nitrogens with one attached hydrogen (secondary N) is 1. The summed E-state index contributed by atoms with van der Waals surface area (Å²) < 4.78 is 39.3. The van der Waals surface area contributed by atoms with Gasteiger partial charge in [-0.1, -0.05) is 35.3 Å². The SMILES string of the molecule is CC(=O)N(c1cccc(C(F)(F)F)c1)c1cc(NC(=O)Cc2c(Cl)cccc2Cl)ccn1. The Morgan fingerprint density at radius 3 is 2.31 bits per heavy atom. The van der Waals surface area contributed by atoms with Crippen molar-refractivity contribution in [3.8, 4) is 0 Å². The molecule has 0 saturated carbocycles. The van der Waals surface area contributed by atoms with Gasteiger partial charge in [0.1, 0.15) is 5.82 Å². The van der Waals surface area contributed by atoms with Crippen LogP contribution in [0, 0.1) is 0 Å². The number of aromatic nitrogens is 1. The zero-order valence-electron chi connectivity index (χ0n) is 16.6. The van der Waals surface area contributed by atoms with E-state index in [4.69, 9.17) is 23.2 Å². The first-order valence-corrected chi connectivity index (χ1v) is 9.98. The summed E-state index contributed by atoms with van der Waals surface area (Å²) in [7, 11) is 0. The molecule has 1 aromatic heterocycles. The summed E-state index contributed by atoms with van der Waals surface area (Å²) in [5.41, 5.74) is -0.160. The van der Waals surface area contributed by atoms with Gasteiger partial charge in [-0.3, -0.25) is 14.5 Å². The van der Waals surface area contributed by atoms with Crippen molar-refractivity contribution in [2.24, 2.45) is 0 Å². The summed E-state index contributed by atoms with van der Waals surface area (Å²) in [6.45, 7) is 1.20. The monoisotopic (exact) mass is 481 g/mol. The third-order valence-electron chi connectivity index (χ3n) is 4.40. The van der Waals surface area contributed by atoms with Gasteiger partial charge in [0, 0.05) is 34.9 Å².